The Morgan fingerprint density at radius 3 is 2.11 bits per heavy atom. The SMILES string of the molecule is COCCCOc1cc(C[C@@H](C/C(C(=O)O)=C(/C[C@H](C(=O)OCc2ccccc2)C(C)C)OC(C)=O)C(C)C)ccc1OC. The van der Waals surface area contributed by atoms with Crippen molar-refractivity contribution in [1.29, 1.82) is 0 Å². The smallest absolute Gasteiger partial charge is 0.335 e. The van der Waals surface area contributed by atoms with Crippen LogP contribution in [0.4, 0.5) is 0 Å². The van der Waals surface area contributed by atoms with Crippen molar-refractivity contribution < 1.29 is 43.2 Å². The van der Waals surface area contributed by atoms with Crippen molar-refractivity contribution in [1.82, 2.24) is 0 Å². The number of methoxy groups -OCH3 is 2. The van der Waals surface area contributed by atoms with Crippen molar-refractivity contribution in [2.45, 2.75) is 66.9 Å². The van der Waals surface area contributed by atoms with Gasteiger partial charge in [0.15, 0.2) is 11.5 Å². The van der Waals surface area contributed by atoms with Gasteiger partial charge in [-0.3, -0.25) is 9.59 Å². The number of hydrogen-bond acceptors (Lipinski definition) is 8. The normalized spacial score (nSPS) is 13.2. The van der Waals surface area contributed by atoms with Crippen LogP contribution in [0.1, 0.15) is 65.0 Å². The third-order valence-corrected chi connectivity index (χ3v) is 7.48. The predicted octanol–water partition coefficient (Wildman–Crippen LogP) is 6.62. The molecule has 0 heterocycles. The van der Waals surface area contributed by atoms with Crippen molar-refractivity contribution in [2.75, 3.05) is 27.4 Å². The van der Waals surface area contributed by atoms with Crippen LogP contribution in [0, 0.1) is 23.7 Å². The van der Waals surface area contributed by atoms with E-state index in [1.54, 1.807) is 14.2 Å². The van der Waals surface area contributed by atoms with Crippen LogP contribution in [0.25, 0.3) is 0 Å². The van der Waals surface area contributed by atoms with E-state index in [0.29, 0.717) is 31.1 Å². The molecule has 0 saturated carbocycles. The summed E-state index contributed by atoms with van der Waals surface area (Å²) in [5.41, 5.74) is 1.77. The lowest BCUT2D eigenvalue weighted by atomic mass is 9.82. The zero-order valence-electron chi connectivity index (χ0n) is 27.1. The highest BCUT2D eigenvalue weighted by atomic mass is 16.5. The molecule has 0 unspecified atom stereocenters. The van der Waals surface area contributed by atoms with Gasteiger partial charge in [0, 0.05) is 33.5 Å². The van der Waals surface area contributed by atoms with E-state index in [-0.39, 0.29) is 48.5 Å². The standard InChI is InChI=1S/C35H48O9/c1-23(2)28(18-27-14-15-31(41-7)33(19-27)42-17-11-16-40-6)20-30(34(37)38)32(44-25(5)36)21-29(24(3)4)35(39)43-22-26-12-9-8-10-13-26/h8-10,12-15,19,23-24,28-29H,11,16-18,20-22H2,1-7H3,(H,37,38)/b32-30+/t28-,29-/m0/s1. The molecule has 9 heteroatoms. The third-order valence-electron chi connectivity index (χ3n) is 7.48. The number of benzene rings is 2. The van der Waals surface area contributed by atoms with E-state index in [9.17, 15) is 19.5 Å². The van der Waals surface area contributed by atoms with Crippen molar-refractivity contribution >= 4 is 17.9 Å². The molecule has 0 radical (unpaired) electrons. The summed E-state index contributed by atoms with van der Waals surface area (Å²) in [5.74, 6) is -2.05. The molecule has 2 aromatic rings. The molecule has 0 aromatic heterocycles. The lowest BCUT2D eigenvalue weighted by Gasteiger charge is -2.25. The molecule has 0 bridgehead atoms. The minimum atomic E-state index is -1.19. The lowest BCUT2D eigenvalue weighted by molar-refractivity contribution is -0.152. The number of esters is 2. The van der Waals surface area contributed by atoms with Gasteiger partial charge in [0.1, 0.15) is 12.4 Å². The number of carbonyl (C=O) groups is 3. The van der Waals surface area contributed by atoms with Gasteiger partial charge in [-0.15, -0.1) is 0 Å². The minimum absolute atomic E-state index is 0.0112. The summed E-state index contributed by atoms with van der Waals surface area (Å²) < 4.78 is 27.6. The number of carboxylic acids is 1. The third kappa shape index (κ3) is 12.0. The fraction of sp³-hybridized carbons (Fsp3) is 0.514. The first-order valence-corrected chi connectivity index (χ1v) is 15.1. The quantitative estimate of drug-likeness (QED) is 0.0808. The zero-order valence-corrected chi connectivity index (χ0v) is 27.1. The molecule has 9 nitrogen and oxygen atoms in total. The van der Waals surface area contributed by atoms with Gasteiger partial charge in [-0.1, -0.05) is 64.1 Å². The molecule has 0 saturated heterocycles. The topological polar surface area (TPSA) is 118 Å². The summed E-state index contributed by atoms with van der Waals surface area (Å²) >= 11 is 0. The highest BCUT2D eigenvalue weighted by molar-refractivity contribution is 5.88. The maximum Gasteiger partial charge on any atom is 0.335 e. The van der Waals surface area contributed by atoms with E-state index in [1.165, 1.54) is 6.92 Å². The first kappa shape index (κ1) is 36.3. The Morgan fingerprint density at radius 2 is 1.55 bits per heavy atom. The molecule has 2 atom stereocenters. The van der Waals surface area contributed by atoms with Crippen LogP contribution < -0.4 is 9.47 Å². The molecule has 242 valence electrons. The lowest BCUT2D eigenvalue weighted by Crippen LogP contribution is -2.26. The van der Waals surface area contributed by atoms with Crippen LogP contribution in [-0.2, 0) is 41.6 Å². The fourth-order valence-electron chi connectivity index (χ4n) is 4.80. The fourth-order valence-corrected chi connectivity index (χ4v) is 4.80. The molecular weight excluding hydrogens is 564 g/mol. The summed E-state index contributed by atoms with van der Waals surface area (Å²) in [6, 6.07) is 15.0. The summed E-state index contributed by atoms with van der Waals surface area (Å²) in [5, 5.41) is 10.3. The summed E-state index contributed by atoms with van der Waals surface area (Å²) in [6.45, 7) is 10.1. The second-order valence-corrected chi connectivity index (χ2v) is 11.5. The van der Waals surface area contributed by atoms with Crippen molar-refractivity contribution in [3.05, 3.63) is 71.0 Å². The number of aliphatic carboxylic acids is 1. The number of carbonyl (C=O) groups excluding carboxylic acids is 2. The zero-order chi connectivity index (χ0) is 32.6. The van der Waals surface area contributed by atoms with Crippen molar-refractivity contribution in [3.63, 3.8) is 0 Å². The van der Waals surface area contributed by atoms with Crippen LogP contribution in [0.2, 0.25) is 0 Å². The number of carboxylic acid groups (broad SMARTS) is 1. The molecule has 2 aromatic carbocycles. The average molecular weight is 613 g/mol. The summed E-state index contributed by atoms with van der Waals surface area (Å²) in [4.78, 5) is 38.0. The molecule has 0 aliphatic rings. The van der Waals surface area contributed by atoms with E-state index < -0.39 is 23.8 Å². The Kier molecular flexibility index (Phi) is 15.5. The Morgan fingerprint density at radius 1 is 0.841 bits per heavy atom. The maximum atomic E-state index is 13.2. The Labute approximate surface area is 261 Å². The van der Waals surface area contributed by atoms with Crippen LogP contribution in [-0.4, -0.2) is 50.4 Å². The molecule has 0 amide bonds. The van der Waals surface area contributed by atoms with E-state index >= 15 is 0 Å². The van der Waals surface area contributed by atoms with Gasteiger partial charge >= 0.3 is 17.9 Å². The van der Waals surface area contributed by atoms with Gasteiger partial charge in [0.2, 0.25) is 0 Å². The largest absolute Gasteiger partial charge is 0.493 e. The Bertz CT molecular complexity index is 1230. The van der Waals surface area contributed by atoms with Crippen molar-refractivity contribution in [2.24, 2.45) is 23.7 Å². The molecular formula is C35H48O9. The minimum Gasteiger partial charge on any atom is -0.493 e. The number of hydrogen-bond donors (Lipinski definition) is 1. The van der Waals surface area contributed by atoms with Gasteiger partial charge in [-0.05, 0) is 53.9 Å². The molecule has 0 spiro atoms. The molecule has 1 N–H and O–H groups in total. The van der Waals surface area contributed by atoms with Crippen LogP contribution in [0.15, 0.2) is 59.9 Å². The van der Waals surface area contributed by atoms with Crippen LogP contribution >= 0.6 is 0 Å². The second-order valence-electron chi connectivity index (χ2n) is 11.5. The van der Waals surface area contributed by atoms with E-state index in [0.717, 1.165) is 17.5 Å². The number of allylic oxidation sites excluding steroid dienone is 1. The molecule has 44 heavy (non-hydrogen) atoms. The summed E-state index contributed by atoms with van der Waals surface area (Å²) in [6.07, 6.45) is 1.34. The first-order chi connectivity index (χ1) is 21.0. The van der Waals surface area contributed by atoms with E-state index in [1.807, 2.05) is 76.2 Å². The van der Waals surface area contributed by atoms with Gasteiger partial charge in [0.25, 0.3) is 0 Å². The Balaban J connectivity index is 2.35. The monoisotopic (exact) mass is 612 g/mol. The van der Waals surface area contributed by atoms with Gasteiger partial charge in [-0.2, -0.15) is 0 Å². The second kappa shape index (κ2) is 18.7. The van der Waals surface area contributed by atoms with E-state index in [2.05, 4.69) is 0 Å². The van der Waals surface area contributed by atoms with E-state index in [4.69, 9.17) is 23.7 Å². The van der Waals surface area contributed by atoms with Gasteiger partial charge in [0.05, 0.1) is 25.2 Å². The number of ether oxygens (including phenoxy) is 5. The van der Waals surface area contributed by atoms with Crippen LogP contribution in [0.3, 0.4) is 0 Å². The first-order valence-electron chi connectivity index (χ1n) is 15.1. The highest BCUT2D eigenvalue weighted by Gasteiger charge is 2.31. The Hall–Kier alpha value is -3.85. The molecule has 0 aliphatic heterocycles. The van der Waals surface area contributed by atoms with Gasteiger partial charge in [-0.25, -0.2) is 4.79 Å². The maximum absolute atomic E-state index is 13.2. The molecule has 0 fully saturated rings. The summed E-state index contributed by atoms with van der Waals surface area (Å²) in [7, 11) is 3.22. The molecule has 2 rings (SSSR count). The van der Waals surface area contributed by atoms with Crippen molar-refractivity contribution in [3.8, 4) is 11.5 Å². The molecule has 0 aliphatic carbocycles. The van der Waals surface area contributed by atoms with Gasteiger partial charge < -0.3 is 28.8 Å². The van der Waals surface area contributed by atoms with Crippen LogP contribution in [0.5, 0.6) is 11.5 Å². The predicted molar refractivity (Wildman–Crippen MR) is 167 cm³/mol. The average Bonchev–Trinajstić information content (AvgIpc) is 2.98. The highest BCUT2D eigenvalue weighted by Crippen LogP contribution is 2.34. The number of rotatable bonds is 19.